The van der Waals surface area contributed by atoms with Crippen molar-refractivity contribution in [3.63, 3.8) is 0 Å². The van der Waals surface area contributed by atoms with Crippen LogP contribution in [0.3, 0.4) is 0 Å². The van der Waals surface area contributed by atoms with Gasteiger partial charge in [0.2, 0.25) is 0 Å². The van der Waals surface area contributed by atoms with Gasteiger partial charge in [-0.05, 0) is 12.8 Å². The van der Waals surface area contributed by atoms with Crippen molar-refractivity contribution < 1.29 is 14.2 Å². The number of methoxy groups -OCH3 is 1. The number of benzene rings is 1. The van der Waals surface area contributed by atoms with E-state index in [1.54, 1.807) is 0 Å². The van der Waals surface area contributed by atoms with Crippen LogP contribution in [-0.4, -0.2) is 12.2 Å². The lowest BCUT2D eigenvalue weighted by atomic mass is 10.0. The Morgan fingerprint density at radius 1 is 1.60 bits per heavy atom. The molecule has 1 aliphatic carbocycles. The Bertz CT molecular complexity index is 418. The number of rotatable bonds is 2. The van der Waals surface area contributed by atoms with Crippen LogP contribution in [0.1, 0.15) is 18.4 Å². The summed E-state index contributed by atoms with van der Waals surface area (Å²) in [5, 5.41) is 9.51. The Morgan fingerprint density at radius 3 is 2.67 bits per heavy atom. The summed E-state index contributed by atoms with van der Waals surface area (Å²) >= 11 is 5.74. The zero-order valence-corrected chi connectivity index (χ0v) is 8.94. The van der Waals surface area contributed by atoms with Crippen LogP contribution in [0, 0.1) is 5.82 Å². The summed E-state index contributed by atoms with van der Waals surface area (Å²) in [6, 6.07) is 1.29. The quantitative estimate of drug-likeness (QED) is 0.820. The number of ether oxygens (including phenoxy) is 1. The molecule has 0 spiro atoms. The molecule has 1 aliphatic rings. The van der Waals surface area contributed by atoms with Gasteiger partial charge in [0.25, 0.3) is 0 Å². The van der Waals surface area contributed by atoms with Gasteiger partial charge in [-0.15, -0.1) is 0 Å². The Balaban J connectivity index is 2.61. The molecule has 0 saturated heterocycles. The largest absolute Gasteiger partial charge is 0.507 e. The molecule has 1 aromatic carbocycles. The second-order valence-electron chi connectivity index (χ2n) is 3.76. The molecule has 82 valence electrons. The third-order valence-electron chi connectivity index (χ3n) is 2.66. The van der Waals surface area contributed by atoms with Crippen molar-refractivity contribution in [2.24, 2.45) is 5.73 Å². The Kier molecular flexibility index (Phi) is 2.28. The van der Waals surface area contributed by atoms with E-state index >= 15 is 0 Å². The second-order valence-corrected chi connectivity index (χ2v) is 4.14. The summed E-state index contributed by atoms with van der Waals surface area (Å²) in [6.45, 7) is 0. The monoisotopic (exact) mass is 231 g/mol. The van der Waals surface area contributed by atoms with Gasteiger partial charge in [-0.3, -0.25) is 0 Å². The maximum absolute atomic E-state index is 13.8. The summed E-state index contributed by atoms with van der Waals surface area (Å²) in [4.78, 5) is 0. The van der Waals surface area contributed by atoms with Crippen molar-refractivity contribution in [2.75, 3.05) is 7.11 Å². The summed E-state index contributed by atoms with van der Waals surface area (Å²) < 4.78 is 18.6. The van der Waals surface area contributed by atoms with E-state index in [0.717, 1.165) is 0 Å². The van der Waals surface area contributed by atoms with Gasteiger partial charge in [0.1, 0.15) is 16.5 Å². The highest BCUT2D eigenvalue weighted by atomic mass is 35.5. The minimum Gasteiger partial charge on any atom is -0.507 e. The number of phenols is 1. The summed E-state index contributed by atoms with van der Waals surface area (Å²) in [7, 11) is 1.36. The molecule has 0 amide bonds. The summed E-state index contributed by atoms with van der Waals surface area (Å²) in [5.74, 6) is -0.776. The molecule has 5 heteroatoms. The topological polar surface area (TPSA) is 55.5 Å². The normalized spacial score (nSPS) is 17.6. The third-order valence-corrected chi connectivity index (χ3v) is 3.01. The molecule has 1 fully saturated rings. The molecule has 0 radical (unpaired) electrons. The van der Waals surface area contributed by atoms with E-state index in [4.69, 9.17) is 22.1 Å². The van der Waals surface area contributed by atoms with Gasteiger partial charge in [-0.2, -0.15) is 0 Å². The lowest BCUT2D eigenvalue weighted by molar-refractivity contribution is 0.397. The van der Waals surface area contributed by atoms with Gasteiger partial charge in [0.05, 0.1) is 12.7 Å². The number of aromatic hydroxyl groups is 1. The fourth-order valence-electron chi connectivity index (χ4n) is 1.60. The van der Waals surface area contributed by atoms with E-state index in [-0.39, 0.29) is 22.1 Å². The standard InChI is InChI=1S/C10H11ClFNO2/c1-15-6-4-5(14)7(9(12)8(6)11)10(13)2-3-10/h4,14H,2-3,13H2,1H3. The van der Waals surface area contributed by atoms with Crippen LogP contribution in [0.2, 0.25) is 5.02 Å². The molecule has 0 atom stereocenters. The average Bonchev–Trinajstić information content (AvgIpc) is 2.91. The fourth-order valence-corrected chi connectivity index (χ4v) is 1.82. The molecule has 1 saturated carbocycles. The minimum absolute atomic E-state index is 0.0910. The highest BCUT2D eigenvalue weighted by Gasteiger charge is 2.45. The van der Waals surface area contributed by atoms with Crippen molar-refractivity contribution in [3.8, 4) is 11.5 Å². The first kappa shape index (κ1) is 10.5. The molecule has 3 nitrogen and oxygen atoms in total. The molecule has 0 bridgehead atoms. The Labute approximate surface area is 91.6 Å². The number of halogens is 2. The van der Waals surface area contributed by atoms with Crippen molar-refractivity contribution in [1.29, 1.82) is 0 Å². The first-order chi connectivity index (χ1) is 6.99. The highest BCUT2D eigenvalue weighted by molar-refractivity contribution is 6.32. The Hall–Kier alpha value is -1.00. The van der Waals surface area contributed by atoms with Crippen LogP contribution in [0.25, 0.3) is 0 Å². The maximum atomic E-state index is 13.8. The molecule has 0 aliphatic heterocycles. The van der Waals surface area contributed by atoms with Crippen molar-refractivity contribution in [2.45, 2.75) is 18.4 Å². The molecule has 0 heterocycles. The summed E-state index contributed by atoms with van der Waals surface area (Å²) in [5.41, 5.74) is 5.16. The molecule has 0 aromatic heterocycles. The predicted octanol–water partition coefficient (Wildman–Crippen LogP) is 2.14. The van der Waals surface area contributed by atoms with Crippen molar-refractivity contribution >= 4 is 11.6 Å². The average molecular weight is 232 g/mol. The van der Waals surface area contributed by atoms with Gasteiger partial charge in [0.15, 0.2) is 5.82 Å². The van der Waals surface area contributed by atoms with Crippen molar-refractivity contribution in [3.05, 3.63) is 22.5 Å². The highest BCUT2D eigenvalue weighted by Crippen LogP contribution is 2.50. The van der Waals surface area contributed by atoms with E-state index < -0.39 is 11.4 Å². The van der Waals surface area contributed by atoms with E-state index in [1.165, 1.54) is 13.2 Å². The zero-order chi connectivity index (χ0) is 11.2. The lowest BCUT2D eigenvalue weighted by Crippen LogP contribution is -2.20. The fraction of sp³-hybridized carbons (Fsp3) is 0.400. The van der Waals surface area contributed by atoms with E-state index in [0.29, 0.717) is 12.8 Å². The van der Waals surface area contributed by atoms with Crippen LogP contribution in [0.15, 0.2) is 6.07 Å². The van der Waals surface area contributed by atoms with E-state index in [9.17, 15) is 9.50 Å². The van der Waals surface area contributed by atoms with Crippen LogP contribution in [0.4, 0.5) is 4.39 Å². The van der Waals surface area contributed by atoms with Crippen LogP contribution in [-0.2, 0) is 5.54 Å². The van der Waals surface area contributed by atoms with Crippen LogP contribution < -0.4 is 10.5 Å². The lowest BCUT2D eigenvalue weighted by Gasteiger charge is -2.15. The van der Waals surface area contributed by atoms with E-state index in [2.05, 4.69) is 0 Å². The van der Waals surface area contributed by atoms with Gasteiger partial charge >= 0.3 is 0 Å². The first-order valence-electron chi connectivity index (χ1n) is 4.54. The third kappa shape index (κ3) is 1.54. The molecule has 0 unspecified atom stereocenters. The second kappa shape index (κ2) is 3.25. The number of nitrogens with two attached hydrogens (primary N) is 1. The van der Waals surface area contributed by atoms with Gasteiger partial charge in [0, 0.05) is 11.6 Å². The number of phenolic OH excluding ortho intramolecular Hbond substituents is 1. The summed E-state index contributed by atoms with van der Waals surface area (Å²) in [6.07, 6.45) is 1.31. The molecular weight excluding hydrogens is 221 g/mol. The Morgan fingerprint density at radius 2 is 2.20 bits per heavy atom. The van der Waals surface area contributed by atoms with Gasteiger partial charge in [-0.25, -0.2) is 4.39 Å². The van der Waals surface area contributed by atoms with Crippen molar-refractivity contribution in [1.82, 2.24) is 0 Å². The molecule has 15 heavy (non-hydrogen) atoms. The smallest absolute Gasteiger partial charge is 0.154 e. The molecular formula is C10H11ClFNO2. The van der Waals surface area contributed by atoms with E-state index in [1.807, 2.05) is 0 Å². The van der Waals surface area contributed by atoms with Crippen LogP contribution >= 0.6 is 11.6 Å². The molecule has 2 rings (SSSR count). The number of hydrogen-bond acceptors (Lipinski definition) is 3. The molecule has 3 N–H and O–H groups in total. The van der Waals surface area contributed by atoms with Gasteiger partial charge < -0.3 is 15.6 Å². The maximum Gasteiger partial charge on any atom is 0.154 e. The number of hydrogen-bond donors (Lipinski definition) is 2. The van der Waals surface area contributed by atoms with Crippen LogP contribution in [0.5, 0.6) is 11.5 Å². The zero-order valence-electron chi connectivity index (χ0n) is 8.18. The minimum atomic E-state index is -0.760. The predicted molar refractivity (Wildman–Crippen MR) is 54.7 cm³/mol. The first-order valence-corrected chi connectivity index (χ1v) is 4.92. The SMILES string of the molecule is COc1cc(O)c(C2(N)CC2)c(F)c1Cl. The van der Waals surface area contributed by atoms with Gasteiger partial charge in [-0.1, -0.05) is 11.6 Å². The molecule has 1 aromatic rings.